The van der Waals surface area contributed by atoms with Gasteiger partial charge in [0.2, 0.25) is 5.89 Å². The van der Waals surface area contributed by atoms with Gasteiger partial charge >= 0.3 is 0 Å². The number of fused-ring (bicyclic) bond motifs is 1. The monoisotopic (exact) mass is 403 g/mol. The summed E-state index contributed by atoms with van der Waals surface area (Å²) in [6, 6.07) is 21.8. The van der Waals surface area contributed by atoms with Crippen molar-refractivity contribution in [2.24, 2.45) is 0 Å². The average Bonchev–Trinajstić information content (AvgIpc) is 3.17. The number of hydrogen-bond acceptors (Lipinski definition) is 5. The molecule has 0 aliphatic rings. The Bertz CT molecular complexity index is 1150. The van der Waals surface area contributed by atoms with E-state index in [4.69, 9.17) is 4.52 Å². The molecule has 1 atom stereocenters. The minimum atomic E-state index is -0.119. The van der Waals surface area contributed by atoms with E-state index in [1.165, 1.54) is 11.8 Å². The highest BCUT2D eigenvalue weighted by Gasteiger charge is 2.17. The van der Waals surface area contributed by atoms with E-state index in [-0.39, 0.29) is 11.9 Å². The summed E-state index contributed by atoms with van der Waals surface area (Å²) in [4.78, 5) is 18.1. The Morgan fingerprint density at radius 2 is 1.83 bits per heavy atom. The summed E-state index contributed by atoms with van der Waals surface area (Å²) in [6.07, 6.45) is 0. The molecule has 0 saturated carbocycles. The lowest BCUT2D eigenvalue weighted by Gasteiger charge is -2.18. The number of nitrogens with zero attached hydrogens (tertiary/aromatic N) is 2. The van der Waals surface area contributed by atoms with Crippen LogP contribution in [0.1, 0.15) is 40.6 Å². The van der Waals surface area contributed by atoms with E-state index in [0.29, 0.717) is 23.0 Å². The van der Waals surface area contributed by atoms with Crippen LogP contribution in [-0.2, 0) is 5.75 Å². The third-order valence-electron chi connectivity index (χ3n) is 4.70. The molecule has 3 aromatic carbocycles. The van der Waals surface area contributed by atoms with E-state index < -0.39 is 0 Å². The Hall–Kier alpha value is -3.12. The van der Waals surface area contributed by atoms with E-state index in [9.17, 15) is 4.79 Å². The number of amides is 1. The Labute approximate surface area is 173 Å². The molecule has 4 rings (SSSR count). The molecule has 0 aliphatic heterocycles. The number of aromatic nitrogens is 2. The molecule has 1 amide bonds. The molecule has 0 spiro atoms. The summed E-state index contributed by atoms with van der Waals surface area (Å²) < 4.78 is 5.01. The molecule has 6 heteroatoms. The molecule has 5 nitrogen and oxygen atoms in total. The van der Waals surface area contributed by atoms with Crippen LogP contribution in [0.3, 0.4) is 0 Å². The second kappa shape index (κ2) is 8.49. The third-order valence-corrected chi connectivity index (χ3v) is 5.77. The molecule has 0 saturated heterocycles. The number of benzene rings is 3. The lowest BCUT2D eigenvalue weighted by molar-refractivity contribution is 0.0937. The number of hydrogen-bond donors (Lipinski definition) is 1. The predicted octanol–water partition coefficient (Wildman–Crippen LogP) is 5.31. The van der Waals surface area contributed by atoms with Crippen molar-refractivity contribution in [1.29, 1.82) is 0 Å². The molecule has 0 unspecified atom stereocenters. The Balaban J connectivity index is 1.52. The number of nitrogens with one attached hydrogen (secondary N) is 1. The first-order valence-electron chi connectivity index (χ1n) is 9.41. The smallest absolute Gasteiger partial charge is 0.252 e. The zero-order valence-electron chi connectivity index (χ0n) is 16.3. The standard InChI is InChI=1S/C23H21N3O2S/c1-15(18-12-7-9-17-8-3-4-10-19(17)18)24-23(27)20-11-5-6-13-21(20)29-14-22-25-16(2)28-26-22/h3-13,15H,14H2,1-2H3,(H,24,27)/t15-/m0/s1. The molecule has 0 bridgehead atoms. The Morgan fingerprint density at radius 3 is 2.66 bits per heavy atom. The quantitative estimate of drug-likeness (QED) is 0.442. The second-order valence-electron chi connectivity index (χ2n) is 6.78. The lowest BCUT2D eigenvalue weighted by Crippen LogP contribution is -2.27. The highest BCUT2D eigenvalue weighted by Crippen LogP contribution is 2.27. The van der Waals surface area contributed by atoms with Gasteiger partial charge < -0.3 is 9.84 Å². The fourth-order valence-corrected chi connectivity index (χ4v) is 4.20. The van der Waals surface area contributed by atoms with Gasteiger partial charge in [0.1, 0.15) is 0 Å². The van der Waals surface area contributed by atoms with E-state index in [0.717, 1.165) is 21.2 Å². The fraction of sp³-hybridized carbons (Fsp3) is 0.174. The van der Waals surface area contributed by atoms with Crippen molar-refractivity contribution in [2.75, 3.05) is 0 Å². The van der Waals surface area contributed by atoms with Crippen molar-refractivity contribution in [3.63, 3.8) is 0 Å². The van der Waals surface area contributed by atoms with Crippen molar-refractivity contribution < 1.29 is 9.32 Å². The van der Waals surface area contributed by atoms with Gasteiger partial charge in [-0.1, -0.05) is 59.8 Å². The molecular weight excluding hydrogens is 382 g/mol. The highest BCUT2D eigenvalue weighted by molar-refractivity contribution is 7.98. The number of thioether (sulfide) groups is 1. The summed E-state index contributed by atoms with van der Waals surface area (Å²) in [5, 5.41) is 9.38. The summed E-state index contributed by atoms with van der Waals surface area (Å²) in [5.41, 5.74) is 1.74. The molecule has 0 radical (unpaired) electrons. The average molecular weight is 404 g/mol. The predicted molar refractivity (Wildman–Crippen MR) is 115 cm³/mol. The van der Waals surface area contributed by atoms with E-state index in [1.54, 1.807) is 6.92 Å². The zero-order chi connectivity index (χ0) is 20.2. The van der Waals surface area contributed by atoms with Gasteiger partial charge in [0.05, 0.1) is 17.4 Å². The van der Waals surface area contributed by atoms with Crippen LogP contribution in [0.4, 0.5) is 0 Å². The maximum Gasteiger partial charge on any atom is 0.252 e. The molecule has 1 heterocycles. The first-order valence-corrected chi connectivity index (χ1v) is 10.4. The number of carbonyl (C=O) groups excluding carboxylic acids is 1. The van der Waals surface area contributed by atoms with Gasteiger partial charge in [-0.05, 0) is 35.4 Å². The van der Waals surface area contributed by atoms with Crippen molar-refractivity contribution in [1.82, 2.24) is 15.5 Å². The van der Waals surface area contributed by atoms with E-state index in [1.807, 2.05) is 49.4 Å². The van der Waals surface area contributed by atoms with Gasteiger partial charge in [-0.3, -0.25) is 4.79 Å². The van der Waals surface area contributed by atoms with Crippen LogP contribution < -0.4 is 5.32 Å². The highest BCUT2D eigenvalue weighted by atomic mass is 32.2. The summed E-state index contributed by atoms with van der Waals surface area (Å²) >= 11 is 1.52. The third kappa shape index (κ3) is 4.32. The van der Waals surface area contributed by atoms with Crippen molar-refractivity contribution >= 4 is 28.4 Å². The van der Waals surface area contributed by atoms with Crippen molar-refractivity contribution in [3.8, 4) is 0 Å². The minimum absolute atomic E-state index is 0.0992. The van der Waals surface area contributed by atoms with Gasteiger partial charge in [0.25, 0.3) is 5.91 Å². The fourth-order valence-electron chi connectivity index (χ4n) is 3.30. The maximum absolute atomic E-state index is 13.0. The van der Waals surface area contributed by atoms with Gasteiger partial charge in [0.15, 0.2) is 5.82 Å². The van der Waals surface area contributed by atoms with Gasteiger partial charge in [0, 0.05) is 11.8 Å². The van der Waals surface area contributed by atoms with Crippen LogP contribution in [0.2, 0.25) is 0 Å². The molecule has 1 aromatic heterocycles. The van der Waals surface area contributed by atoms with Crippen LogP contribution in [-0.4, -0.2) is 16.0 Å². The number of carbonyl (C=O) groups is 1. The Morgan fingerprint density at radius 1 is 1.07 bits per heavy atom. The SMILES string of the molecule is Cc1nc(CSc2ccccc2C(=O)N[C@@H](C)c2cccc3ccccc23)no1. The van der Waals surface area contributed by atoms with Crippen LogP contribution in [0.5, 0.6) is 0 Å². The number of aryl methyl sites for hydroxylation is 1. The van der Waals surface area contributed by atoms with Crippen molar-refractivity contribution in [3.05, 3.63) is 89.6 Å². The normalized spacial score (nSPS) is 12.1. The summed E-state index contributed by atoms with van der Waals surface area (Å²) in [6.45, 7) is 3.77. The molecule has 29 heavy (non-hydrogen) atoms. The minimum Gasteiger partial charge on any atom is -0.345 e. The Kier molecular flexibility index (Phi) is 5.62. The molecule has 4 aromatic rings. The van der Waals surface area contributed by atoms with Crippen LogP contribution >= 0.6 is 11.8 Å². The van der Waals surface area contributed by atoms with Crippen LogP contribution in [0.25, 0.3) is 10.8 Å². The van der Waals surface area contributed by atoms with Gasteiger partial charge in [-0.25, -0.2) is 0 Å². The first kappa shape index (κ1) is 19.2. The van der Waals surface area contributed by atoms with E-state index in [2.05, 4.69) is 39.7 Å². The van der Waals surface area contributed by atoms with E-state index >= 15 is 0 Å². The number of rotatable bonds is 6. The van der Waals surface area contributed by atoms with Crippen LogP contribution in [0.15, 0.2) is 76.1 Å². The molecule has 1 N–H and O–H groups in total. The first-order chi connectivity index (χ1) is 14.1. The molecular formula is C23H21N3O2S. The topological polar surface area (TPSA) is 68.0 Å². The van der Waals surface area contributed by atoms with Gasteiger partial charge in [-0.15, -0.1) is 11.8 Å². The largest absolute Gasteiger partial charge is 0.345 e. The molecule has 0 fully saturated rings. The molecule has 0 aliphatic carbocycles. The summed E-state index contributed by atoms with van der Waals surface area (Å²) in [5.74, 6) is 1.60. The second-order valence-corrected chi connectivity index (χ2v) is 7.80. The lowest BCUT2D eigenvalue weighted by atomic mass is 9.99. The maximum atomic E-state index is 13.0. The molecule has 146 valence electrons. The van der Waals surface area contributed by atoms with Gasteiger partial charge in [-0.2, -0.15) is 4.98 Å². The summed E-state index contributed by atoms with van der Waals surface area (Å²) in [7, 11) is 0. The van der Waals surface area contributed by atoms with Crippen molar-refractivity contribution in [2.45, 2.75) is 30.5 Å². The van der Waals surface area contributed by atoms with Crippen LogP contribution in [0, 0.1) is 6.92 Å². The zero-order valence-corrected chi connectivity index (χ0v) is 17.1.